The van der Waals surface area contributed by atoms with E-state index in [1.165, 1.54) is 12.8 Å². The molecule has 0 bridgehead atoms. The minimum atomic E-state index is 0. The number of piperazine rings is 1. The predicted octanol–water partition coefficient (Wildman–Crippen LogP) is 2.91. The molecule has 2 aliphatic rings. The first-order valence-electron chi connectivity index (χ1n) is 9.92. The first kappa shape index (κ1) is 22.1. The zero-order valence-corrected chi connectivity index (χ0v) is 18.6. The number of hydrogen-bond acceptors (Lipinski definition) is 4. The number of para-hydroxylation sites is 2. The van der Waals surface area contributed by atoms with Crippen molar-refractivity contribution < 1.29 is 9.84 Å². The Morgan fingerprint density at radius 1 is 1.22 bits per heavy atom. The maximum absolute atomic E-state index is 10.0. The molecule has 1 heterocycles. The van der Waals surface area contributed by atoms with E-state index >= 15 is 0 Å². The van der Waals surface area contributed by atoms with Crippen molar-refractivity contribution in [2.75, 3.05) is 57.4 Å². The van der Waals surface area contributed by atoms with Gasteiger partial charge < -0.3 is 25.0 Å². The molecule has 1 aromatic rings. The zero-order chi connectivity index (χ0) is 18.2. The van der Waals surface area contributed by atoms with E-state index in [1.807, 2.05) is 18.2 Å². The molecular formula is C20H33IN4O2. The van der Waals surface area contributed by atoms with Crippen LogP contribution >= 0.6 is 24.0 Å². The summed E-state index contributed by atoms with van der Waals surface area (Å²) in [6, 6.07) is 7.56. The lowest BCUT2D eigenvalue weighted by Gasteiger charge is -2.37. The highest BCUT2D eigenvalue weighted by Crippen LogP contribution is 2.29. The van der Waals surface area contributed by atoms with Crippen molar-refractivity contribution >= 4 is 35.6 Å². The van der Waals surface area contributed by atoms with Crippen LogP contribution in [0.2, 0.25) is 0 Å². The van der Waals surface area contributed by atoms with Crippen molar-refractivity contribution in [2.24, 2.45) is 10.9 Å². The number of phenolic OH excluding ortho intramolecular Hbond substituents is 1. The van der Waals surface area contributed by atoms with Gasteiger partial charge in [-0.2, -0.15) is 0 Å². The molecular weight excluding hydrogens is 455 g/mol. The topological polar surface area (TPSA) is 60.3 Å². The summed E-state index contributed by atoms with van der Waals surface area (Å²) in [6.45, 7) is 9.07. The lowest BCUT2D eigenvalue weighted by Crippen LogP contribution is -2.52. The van der Waals surface area contributed by atoms with Gasteiger partial charge in [-0.15, -0.1) is 24.0 Å². The number of guanidine groups is 1. The minimum Gasteiger partial charge on any atom is -0.506 e. The Labute approximate surface area is 180 Å². The Kier molecular flexibility index (Phi) is 9.47. The predicted molar refractivity (Wildman–Crippen MR) is 121 cm³/mol. The SMILES string of the molecule is CCNC(=NCCCOCC1CC1)N1CCN(c2ccccc2O)CC1.I. The number of benzene rings is 1. The van der Waals surface area contributed by atoms with Crippen molar-refractivity contribution in [1.29, 1.82) is 0 Å². The fourth-order valence-electron chi connectivity index (χ4n) is 3.20. The fraction of sp³-hybridized carbons (Fsp3) is 0.650. The zero-order valence-electron chi connectivity index (χ0n) is 16.3. The number of ether oxygens (including phenoxy) is 1. The molecule has 2 fully saturated rings. The summed E-state index contributed by atoms with van der Waals surface area (Å²) >= 11 is 0. The first-order valence-corrected chi connectivity index (χ1v) is 9.92. The molecule has 6 nitrogen and oxygen atoms in total. The van der Waals surface area contributed by atoms with Gasteiger partial charge in [0.15, 0.2) is 5.96 Å². The lowest BCUT2D eigenvalue weighted by atomic mass is 10.2. The molecule has 1 saturated heterocycles. The number of phenols is 1. The quantitative estimate of drug-likeness (QED) is 0.255. The second kappa shape index (κ2) is 11.6. The Morgan fingerprint density at radius 2 is 1.96 bits per heavy atom. The largest absolute Gasteiger partial charge is 0.506 e. The van der Waals surface area contributed by atoms with Crippen LogP contribution in [-0.2, 0) is 4.74 Å². The van der Waals surface area contributed by atoms with Crippen LogP contribution in [0.25, 0.3) is 0 Å². The van der Waals surface area contributed by atoms with Crippen LogP contribution in [0, 0.1) is 5.92 Å². The molecule has 0 aromatic heterocycles. The molecule has 27 heavy (non-hydrogen) atoms. The van der Waals surface area contributed by atoms with E-state index in [0.717, 1.165) is 76.5 Å². The Balaban J connectivity index is 0.00000261. The summed E-state index contributed by atoms with van der Waals surface area (Å²) in [6.07, 6.45) is 3.66. The second-order valence-corrected chi connectivity index (χ2v) is 7.07. The molecule has 1 aromatic carbocycles. The van der Waals surface area contributed by atoms with Crippen molar-refractivity contribution in [3.8, 4) is 5.75 Å². The van der Waals surface area contributed by atoms with Crippen LogP contribution in [0.15, 0.2) is 29.3 Å². The fourth-order valence-corrected chi connectivity index (χ4v) is 3.20. The van der Waals surface area contributed by atoms with Crippen molar-refractivity contribution in [3.05, 3.63) is 24.3 Å². The van der Waals surface area contributed by atoms with E-state index < -0.39 is 0 Å². The molecule has 1 saturated carbocycles. The van der Waals surface area contributed by atoms with Crippen LogP contribution in [0.1, 0.15) is 26.2 Å². The lowest BCUT2D eigenvalue weighted by molar-refractivity contribution is 0.123. The maximum atomic E-state index is 10.0. The Morgan fingerprint density at radius 3 is 2.63 bits per heavy atom. The maximum Gasteiger partial charge on any atom is 0.194 e. The van der Waals surface area contributed by atoms with Gasteiger partial charge in [0.05, 0.1) is 5.69 Å². The molecule has 0 spiro atoms. The van der Waals surface area contributed by atoms with E-state index in [4.69, 9.17) is 9.73 Å². The smallest absolute Gasteiger partial charge is 0.194 e. The van der Waals surface area contributed by atoms with Gasteiger partial charge in [-0.25, -0.2) is 0 Å². The van der Waals surface area contributed by atoms with Gasteiger partial charge in [0.25, 0.3) is 0 Å². The van der Waals surface area contributed by atoms with Gasteiger partial charge in [0.2, 0.25) is 0 Å². The van der Waals surface area contributed by atoms with Crippen LogP contribution < -0.4 is 10.2 Å². The third-order valence-electron chi connectivity index (χ3n) is 4.90. The molecule has 2 N–H and O–H groups in total. The van der Waals surface area contributed by atoms with Crippen molar-refractivity contribution in [1.82, 2.24) is 10.2 Å². The second-order valence-electron chi connectivity index (χ2n) is 7.07. The third kappa shape index (κ3) is 7.03. The summed E-state index contributed by atoms with van der Waals surface area (Å²) in [5.41, 5.74) is 0.918. The number of rotatable bonds is 8. The van der Waals surface area contributed by atoms with E-state index in [0.29, 0.717) is 5.75 Å². The number of halogens is 1. The number of aromatic hydroxyl groups is 1. The number of aliphatic imine (C=N–C) groups is 1. The normalized spacial score (nSPS) is 17.6. The summed E-state index contributed by atoms with van der Waals surface area (Å²) < 4.78 is 5.69. The molecule has 0 amide bonds. The van der Waals surface area contributed by atoms with Crippen molar-refractivity contribution in [3.63, 3.8) is 0 Å². The van der Waals surface area contributed by atoms with Gasteiger partial charge in [-0.05, 0) is 44.2 Å². The summed E-state index contributed by atoms with van der Waals surface area (Å²) in [7, 11) is 0. The standard InChI is InChI=1S/C20H32N4O2.HI/c1-2-21-20(22-10-5-15-26-16-17-8-9-17)24-13-11-23(12-14-24)18-6-3-4-7-19(18)25;/h3-4,6-7,17,25H,2,5,8-16H2,1H3,(H,21,22);1H. The summed E-state index contributed by atoms with van der Waals surface area (Å²) in [4.78, 5) is 9.32. The molecule has 0 atom stereocenters. The van der Waals surface area contributed by atoms with E-state index in [-0.39, 0.29) is 24.0 Å². The van der Waals surface area contributed by atoms with Gasteiger partial charge in [-0.1, -0.05) is 12.1 Å². The highest BCUT2D eigenvalue weighted by Gasteiger charge is 2.22. The molecule has 1 aliphatic carbocycles. The number of nitrogens with one attached hydrogen (secondary N) is 1. The van der Waals surface area contributed by atoms with E-state index in [9.17, 15) is 5.11 Å². The van der Waals surface area contributed by atoms with Crippen LogP contribution in [0.5, 0.6) is 5.75 Å². The highest BCUT2D eigenvalue weighted by atomic mass is 127. The van der Waals surface area contributed by atoms with Gasteiger partial charge in [0, 0.05) is 52.5 Å². The molecule has 0 radical (unpaired) electrons. The minimum absolute atomic E-state index is 0. The number of nitrogens with zero attached hydrogens (tertiary/aromatic N) is 3. The first-order chi connectivity index (χ1) is 12.8. The van der Waals surface area contributed by atoms with E-state index in [1.54, 1.807) is 6.07 Å². The molecule has 7 heteroatoms. The average molecular weight is 488 g/mol. The molecule has 152 valence electrons. The molecule has 1 aliphatic heterocycles. The third-order valence-corrected chi connectivity index (χ3v) is 4.90. The molecule has 0 unspecified atom stereocenters. The van der Waals surface area contributed by atoms with Crippen molar-refractivity contribution in [2.45, 2.75) is 26.2 Å². The average Bonchev–Trinajstić information content (AvgIpc) is 3.49. The van der Waals surface area contributed by atoms with Gasteiger partial charge >= 0.3 is 0 Å². The summed E-state index contributed by atoms with van der Waals surface area (Å²) in [5, 5.41) is 13.4. The van der Waals surface area contributed by atoms with Gasteiger partial charge in [0.1, 0.15) is 5.75 Å². The monoisotopic (exact) mass is 488 g/mol. The number of hydrogen-bond donors (Lipinski definition) is 2. The summed E-state index contributed by atoms with van der Waals surface area (Å²) in [5.74, 6) is 2.18. The van der Waals surface area contributed by atoms with E-state index in [2.05, 4.69) is 22.0 Å². The Bertz CT molecular complexity index is 587. The number of anilines is 1. The van der Waals surface area contributed by atoms with Crippen LogP contribution in [0.3, 0.4) is 0 Å². The van der Waals surface area contributed by atoms with Crippen LogP contribution in [-0.4, -0.2) is 68.4 Å². The van der Waals surface area contributed by atoms with Gasteiger partial charge in [-0.3, -0.25) is 4.99 Å². The highest BCUT2D eigenvalue weighted by molar-refractivity contribution is 14.0. The molecule has 3 rings (SSSR count). The Hall–Kier alpha value is -1.22. The van der Waals surface area contributed by atoms with Crippen LogP contribution in [0.4, 0.5) is 5.69 Å².